The van der Waals surface area contributed by atoms with Crippen molar-refractivity contribution in [2.24, 2.45) is 4.99 Å². The maximum absolute atomic E-state index is 12.7. The summed E-state index contributed by atoms with van der Waals surface area (Å²) in [6.07, 6.45) is 0.817. The van der Waals surface area contributed by atoms with Crippen LogP contribution in [0.15, 0.2) is 58.4 Å². The number of anilines is 1. The first-order valence-electron chi connectivity index (χ1n) is 9.67. The molecule has 0 atom stereocenters. The highest BCUT2D eigenvalue weighted by atomic mass is 32.2. The van der Waals surface area contributed by atoms with Crippen molar-refractivity contribution in [3.8, 4) is 6.07 Å². The van der Waals surface area contributed by atoms with Crippen LogP contribution >= 0.6 is 0 Å². The van der Waals surface area contributed by atoms with Gasteiger partial charge in [-0.05, 0) is 42.8 Å². The highest BCUT2D eigenvalue weighted by Gasteiger charge is 2.30. The number of rotatable bonds is 3. The molecule has 8 nitrogen and oxygen atoms in total. The minimum atomic E-state index is -3.61. The van der Waals surface area contributed by atoms with E-state index in [1.54, 1.807) is 35.2 Å². The molecule has 0 spiro atoms. The standard InChI is InChI=1S/C21H21N5O3S/c22-14-16-6-8-17(9-7-16)25-10-3-11-26(13-12-25)20(27)15-23-21-18-4-1-2-5-19(18)30(28,29)24-21/h1-2,4-9H,3,10-13,15H2,(H,23,24). The van der Waals surface area contributed by atoms with Gasteiger partial charge < -0.3 is 9.80 Å². The predicted octanol–water partition coefficient (Wildman–Crippen LogP) is 1.34. The van der Waals surface area contributed by atoms with Crippen molar-refractivity contribution in [3.05, 3.63) is 59.7 Å². The van der Waals surface area contributed by atoms with Crippen molar-refractivity contribution < 1.29 is 13.2 Å². The molecule has 0 aromatic heterocycles. The SMILES string of the molecule is N#Cc1ccc(N2CCCN(C(=O)CN=C3NS(=O)(=O)c4ccccc43)CC2)cc1. The average Bonchev–Trinajstić information content (AvgIpc) is 2.91. The van der Waals surface area contributed by atoms with Gasteiger partial charge in [-0.3, -0.25) is 14.5 Å². The molecular weight excluding hydrogens is 402 g/mol. The number of carbonyl (C=O) groups is 1. The summed E-state index contributed by atoms with van der Waals surface area (Å²) in [4.78, 5) is 21.1. The van der Waals surface area contributed by atoms with Crippen LogP contribution in [-0.2, 0) is 14.8 Å². The van der Waals surface area contributed by atoms with Crippen molar-refractivity contribution in [1.29, 1.82) is 5.26 Å². The minimum absolute atomic E-state index is 0.108. The number of carbonyl (C=O) groups excluding carboxylic acids is 1. The summed E-state index contributed by atoms with van der Waals surface area (Å²) in [5, 5.41) is 8.94. The fourth-order valence-corrected chi connectivity index (χ4v) is 4.92. The van der Waals surface area contributed by atoms with E-state index in [0.717, 1.165) is 18.7 Å². The molecule has 1 amide bonds. The number of amidine groups is 1. The quantitative estimate of drug-likeness (QED) is 0.802. The van der Waals surface area contributed by atoms with Gasteiger partial charge in [0.2, 0.25) is 5.91 Å². The summed E-state index contributed by atoms with van der Waals surface area (Å²) in [5.41, 5.74) is 2.14. The molecule has 0 saturated carbocycles. The third kappa shape index (κ3) is 4.00. The molecule has 30 heavy (non-hydrogen) atoms. The molecule has 2 aliphatic rings. The topological polar surface area (TPSA) is 106 Å². The molecule has 1 N–H and O–H groups in total. The van der Waals surface area contributed by atoms with E-state index in [1.165, 1.54) is 6.07 Å². The third-order valence-corrected chi connectivity index (χ3v) is 6.64. The molecule has 2 aliphatic heterocycles. The molecule has 0 bridgehead atoms. The van der Waals surface area contributed by atoms with Crippen LogP contribution in [0.1, 0.15) is 17.5 Å². The average molecular weight is 423 g/mol. The second-order valence-corrected chi connectivity index (χ2v) is 8.80. The molecule has 0 aliphatic carbocycles. The van der Waals surface area contributed by atoms with Gasteiger partial charge in [0.25, 0.3) is 10.0 Å². The molecule has 0 radical (unpaired) electrons. The number of hydrogen-bond donors (Lipinski definition) is 1. The van der Waals surface area contributed by atoms with Gasteiger partial charge in [0.15, 0.2) is 0 Å². The number of amides is 1. The summed E-state index contributed by atoms with van der Waals surface area (Å²) in [6.45, 7) is 2.58. The number of sulfonamides is 1. The van der Waals surface area contributed by atoms with Crippen LogP contribution in [0.4, 0.5) is 5.69 Å². The summed E-state index contributed by atoms with van der Waals surface area (Å²) in [6, 6.07) is 16.1. The zero-order valence-corrected chi connectivity index (χ0v) is 17.1. The van der Waals surface area contributed by atoms with Crippen molar-refractivity contribution in [2.45, 2.75) is 11.3 Å². The highest BCUT2D eigenvalue weighted by molar-refractivity contribution is 7.90. The number of aliphatic imine (C=N–C) groups is 1. The zero-order chi connectivity index (χ0) is 21.1. The summed E-state index contributed by atoms with van der Waals surface area (Å²) >= 11 is 0. The molecule has 1 saturated heterocycles. The van der Waals surface area contributed by atoms with Crippen LogP contribution in [0.5, 0.6) is 0 Å². The van der Waals surface area contributed by atoms with Gasteiger partial charge in [-0.1, -0.05) is 12.1 Å². The number of nitriles is 1. The monoisotopic (exact) mass is 423 g/mol. The second-order valence-electron chi connectivity index (χ2n) is 7.15. The molecule has 2 aromatic rings. The molecule has 9 heteroatoms. The molecule has 154 valence electrons. The van der Waals surface area contributed by atoms with Gasteiger partial charge >= 0.3 is 0 Å². The van der Waals surface area contributed by atoms with Crippen LogP contribution in [0.3, 0.4) is 0 Å². The third-order valence-electron chi connectivity index (χ3n) is 5.25. The fourth-order valence-electron chi connectivity index (χ4n) is 3.67. The number of hydrogen-bond acceptors (Lipinski definition) is 6. The Hall–Kier alpha value is -3.38. The van der Waals surface area contributed by atoms with Crippen LogP contribution in [0.2, 0.25) is 0 Å². The van der Waals surface area contributed by atoms with Crippen molar-refractivity contribution in [1.82, 2.24) is 9.62 Å². The van der Waals surface area contributed by atoms with Crippen LogP contribution in [0, 0.1) is 11.3 Å². The van der Waals surface area contributed by atoms with E-state index in [4.69, 9.17) is 5.26 Å². The first-order chi connectivity index (χ1) is 14.5. The van der Waals surface area contributed by atoms with Crippen LogP contribution in [-0.4, -0.2) is 57.8 Å². The molecule has 2 heterocycles. The predicted molar refractivity (Wildman–Crippen MR) is 113 cm³/mol. The Balaban J connectivity index is 1.40. The Morgan fingerprint density at radius 2 is 1.83 bits per heavy atom. The van der Waals surface area contributed by atoms with Crippen molar-refractivity contribution >= 4 is 27.5 Å². The van der Waals surface area contributed by atoms with E-state index >= 15 is 0 Å². The van der Waals surface area contributed by atoms with Gasteiger partial charge in [0.05, 0.1) is 16.5 Å². The number of nitrogens with zero attached hydrogens (tertiary/aromatic N) is 4. The zero-order valence-electron chi connectivity index (χ0n) is 16.3. The maximum Gasteiger partial charge on any atom is 0.263 e. The highest BCUT2D eigenvalue weighted by Crippen LogP contribution is 2.22. The lowest BCUT2D eigenvalue weighted by Gasteiger charge is -2.23. The smallest absolute Gasteiger partial charge is 0.263 e. The number of fused-ring (bicyclic) bond motifs is 1. The van der Waals surface area contributed by atoms with E-state index in [0.29, 0.717) is 30.8 Å². The Kier molecular flexibility index (Phi) is 5.42. The minimum Gasteiger partial charge on any atom is -0.370 e. The first-order valence-corrected chi connectivity index (χ1v) is 11.2. The molecule has 4 rings (SSSR count). The molecule has 1 fully saturated rings. The van der Waals surface area contributed by atoms with Gasteiger partial charge in [-0.25, -0.2) is 8.42 Å². The number of nitrogens with one attached hydrogen (secondary N) is 1. The van der Waals surface area contributed by atoms with Crippen molar-refractivity contribution in [3.63, 3.8) is 0 Å². The molecule has 2 aromatic carbocycles. The summed E-state index contributed by atoms with van der Waals surface area (Å²) < 4.78 is 26.7. The Bertz CT molecular complexity index is 1140. The Morgan fingerprint density at radius 3 is 2.60 bits per heavy atom. The first kappa shape index (κ1) is 19.9. The van der Waals surface area contributed by atoms with E-state index in [9.17, 15) is 13.2 Å². The Morgan fingerprint density at radius 1 is 1.07 bits per heavy atom. The van der Waals surface area contributed by atoms with E-state index in [2.05, 4.69) is 20.7 Å². The van der Waals surface area contributed by atoms with Gasteiger partial charge in [0, 0.05) is 37.4 Å². The largest absolute Gasteiger partial charge is 0.370 e. The lowest BCUT2D eigenvalue weighted by molar-refractivity contribution is -0.129. The Labute approximate surface area is 175 Å². The number of benzene rings is 2. The van der Waals surface area contributed by atoms with E-state index < -0.39 is 10.0 Å². The van der Waals surface area contributed by atoms with Crippen LogP contribution < -0.4 is 9.62 Å². The van der Waals surface area contributed by atoms with Gasteiger partial charge in [0.1, 0.15) is 12.4 Å². The second kappa shape index (κ2) is 8.16. The normalized spacial score (nSPS) is 19.0. The van der Waals surface area contributed by atoms with Gasteiger partial charge in [-0.2, -0.15) is 5.26 Å². The van der Waals surface area contributed by atoms with Gasteiger partial charge in [-0.15, -0.1) is 0 Å². The van der Waals surface area contributed by atoms with E-state index in [1.807, 2.05) is 12.1 Å². The molecular formula is C21H21N5O3S. The van der Waals surface area contributed by atoms with Crippen LogP contribution in [0.25, 0.3) is 0 Å². The lowest BCUT2D eigenvalue weighted by atomic mass is 10.2. The maximum atomic E-state index is 12.7. The molecule has 0 unspecified atom stereocenters. The summed E-state index contributed by atoms with van der Waals surface area (Å²) in [7, 11) is -3.61. The van der Waals surface area contributed by atoms with E-state index in [-0.39, 0.29) is 23.2 Å². The lowest BCUT2D eigenvalue weighted by Crippen LogP contribution is -2.37. The van der Waals surface area contributed by atoms with Crippen molar-refractivity contribution in [2.75, 3.05) is 37.6 Å². The summed E-state index contributed by atoms with van der Waals surface area (Å²) in [5.74, 6) is 0.0840. The fraction of sp³-hybridized carbons (Fsp3) is 0.286.